The molecule has 0 spiro atoms. The number of benzene rings is 1. The molecule has 1 aromatic carbocycles. The second-order valence-electron chi connectivity index (χ2n) is 6.57. The number of carbonyl (C=O) groups excluding carboxylic acids is 1. The molecule has 0 atom stereocenters. The molecule has 6 nitrogen and oxygen atoms in total. The summed E-state index contributed by atoms with van der Waals surface area (Å²) in [6.07, 6.45) is 1.44. The third-order valence-corrected chi connectivity index (χ3v) is 6.29. The van der Waals surface area contributed by atoms with Crippen LogP contribution in [0.25, 0.3) is 0 Å². The number of rotatable bonds is 9. The third-order valence-electron chi connectivity index (χ3n) is 3.78. The van der Waals surface area contributed by atoms with Crippen molar-refractivity contribution in [2.45, 2.75) is 25.3 Å². The predicted molar refractivity (Wildman–Crippen MR) is 107 cm³/mol. The van der Waals surface area contributed by atoms with Gasteiger partial charge in [0.15, 0.2) is 5.76 Å². The van der Waals surface area contributed by atoms with E-state index in [0.29, 0.717) is 23.2 Å². The Morgan fingerprint density at radius 1 is 1.14 bits per heavy atom. The van der Waals surface area contributed by atoms with Crippen molar-refractivity contribution in [3.05, 3.63) is 70.3 Å². The number of furan rings is 1. The third kappa shape index (κ3) is 5.09. The van der Waals surface area contributed by atoms with Gasteiger partial charge in [-0.1, -0.05) is 13.8 Å². The molecule has 1 N–H and O–H groups in total. The first-order chi connectivity index (χ1) is 13.3. The van der Waals surface area contributed by atoms with Crippen LogP contribution >= 0.6 is 11.3 Å². The topological polar surface area (TPSA) is 85.6 Å². The van der Waals surface area contributed by atoms with Gasteiger partial charge in [0.05, 0.1) is 22.6 Å². The fraction of sp³-hybridized carbons (Fsp3) is 0.250. The molecule has 3 aromatic rings. The zero-order chi connectivity index (χ0) is 20.1. The molecule has 148 valence electrons. The summed E-state index contributed by atoms with van der Waals surface area (Å²) in [6.45, 7) is 4.76. The molecule has 2 heterocycles. The van der Waals surface area contributed by atoms with Gasteiger partial charge in [-0.3, -0.25) is 4.79 Å². The van der Waals surface area contributed by atoms with Crippen molar-refractivity contribution in [2.75, 3.05) is 6.61 Å². The van der Waals surface area contributed by atoms with Crippen molar-refractivity contribution in [2.24, 2.45) is 5.92 Å². The minimum atomic E-state index is -3.66. The lowest BCUT2D eigenvalue weighted by Crippen LogP contribution is -2.22. The van der Waals surface area contributed by atoms with Crippen LogP contribution in [0.15, 0.2) is 64.1 Å². The molecule has 0 aliphatic rings. The number of thiophene rings is 1. The maximum atomic E-state index is 12.5. The van der Waals surface area contributed by atoms with Crippen molar-refractivity contribution >= 4 is 27.1 Å². The summed E-state index contributed by atoms with van der Waals surface area (Å²) >= 11 is 1.23. The summed E-state index contributed by atoms with van der Waals surface area (Å²) in [5.41, 5.74) is 0. The number of ketones is 1. The number of nitrogens with one attached hydrogen (secondary N) is 1. The lowest BCUT2D eigenvalue weighted by Gasteiger charge is -2.10. The van der Waals surface area contributed by atoms with Crippen LogP contribution in [0.4, 0.5) is 0 Å². The molecule has 0 unspecified atom stereocenters. The van der Waals surface area contributed by atoms with Gasteiger partial charge in [-0.25, -0.2) is 13.1 Å². The van der Waals surface area contributed by atoms with Gasteiger partial charge in [0.25, 0.3) is 0 Å². The van der Waals surface area contributed by atoms with Gasteiger partial charge in [-0.15, -0.1) is 11.3 Å². The standard InChI is InChI=1S/C20H21NO5S2/c1-14(2)13-26-15-5-8-17(9-6-15)28(23,24)21-12-16-7-10-19(27-16)20(22)18-4-3-11-25-18/h3-11,14,21H,12-13H2,1-2H3. The molecule has 0 amide bonds. The van der Waals surface area contributed by atoms with Crippen LogP contribution in [0.2, 0.25) is 0 Å². The van der Waals surface area contributed by atoms with Crippen LogP contribution in [-0.2, 0) is 16.6 Å². The van der Waals surface area contributed by atoms with E-state index in [9.17, 15) is 13.2 Å². The van der Waals surface area contributed by atoms with Gasteiger partial charge >= 0.3 is 0 Å². The fourth-order valence-electron chi connectivity index (χ4n) is 2.35. The van der Waals surface area contributed by atoms with Crippen LogP contribution in [0.1, 0.15) is 34.2 Å². The summed E-state index contributed by atoms with van der Waals surface area (Å²) in [6, 6.07) is 12.9. The maximum Gasteiger partial charge on any atom is 0.240 e. The Morgan fingerprint density at radius 2 is 1.89 bits per heavy atom. The Labute approximate surface area is 168 Å². The van der Waals surface area contributed by atoms with Crippen molar-refractivity contribution in [1.29, 1.82) is 0 Å². The Hall–Kier alpha value is -2.42. The molecule has 0 aliphatic carbocycles. The summed E-state index contributed by atoms with van der Waals surface area (Å²) in [5.74, 6) is 1.06. The normalized spacial score (nSPS) is 11.7. The quantitative estimate of drug-likeness (QED) is 0.528. The van der Waals surface area contributed by atoms with Crippen LogP contribution < -0.4 is 9.46 Å². The molecule has 28 heavy (non-hydrogen) atoms. The van der Waals surface area contributed by atoms with Crippen molar-refractivity contribution < 1.29 is 22.4 Å². The van der Waals surface area contributed by atoms with E-state index in [0.717, 1.165) is 4.88 Å². The average Bonchev–Trinajstić information content (AvgIpc) is 3.36. The molecular formula is C20H21NO5S2. The number of sulfonamides is 1. The largest absolute Gasteiger partial charge is 0.493 e. The van der Waals surface area contributed by atoms with Gasteiger partial charge in [0.1, 0.15) is 5.75 Å². The highest BCUT2D eigenvalue weighted by atomic mass is 32.2. The summed E-state index contributed by atoms with van der Waals surface area (Å²) in [5, 5.41) is 0. The van der Waals surface area contributed by atoms with Gasteiger partial charge in [0, 0.05) is 11.4 Å². The Kier molecular flexibility index (Phi) is 6.33. The number of hydrogen-bond donors (Lipinski definition) is 1. The Bertz CT molecular complexity index is 1020. The summed E-state index contributed by atoms with van der Waals surface area (Å²) in [7, 11) is -3.66. The van der Waals surface area contributed by atoms with Crippen LogP contribution in [0.5, 0.6) is 5.75 Å². The van der Waals surface area contributed by atoms with Gasteiger partial charge < -0.3 is 9.15 Å². The molecule has 0 aliphatic heterocycles. The van der Waals surface area contributed by atoms with Gasteiger partial charge in [0.2, 0.25) is 15.8 Å². The highest BCUT2D eigenvalue weighted by Gasteiger charge is 2.17. The molecular weight excluding hydrogens is 398 g/mol. The van der Waals surface area contributed by atoms with E-state index in [2.05, 4.69) is 4.72 Å². The van der Waals surface area contributed by atoms with Crippen molar-refractivity contribution in [3.8, 4) is 5.75 Å². The molecule has 2 aromatic heterocycles. The minimum Gasteiger partial charge on any atom is -0.493 e. The lowest BCUT2D eigenvalue weighted by molar-refractivity contribution is 0.101. The SMILES string of the molecule is CC(C)COc1ccc(S(=O)(=O)NCc2ccc(C(=O)c3ccco3)s2)cc1. The molecule has 0 saturated heterocycles. The molecule has 0 radical (unpaired) electrons. The zero-order valence-electron chi connectivity index (χ0n) is 15.5. The van der Waals surface area contributed by atoms with Gasteiger partial charge in [-0.2, -0.15) is 0 Å². The van der Waals surface area contributed by atoms with Crippen LogP contribution in [-0.4, -0.2) is 20.8 Å². The van der Waals surface area contributed by atoms with E-state index in [4.69, 9.17) is 9.15 Å². The molecule has 0 fully saturated rings. The van der Waals surface area contributed by atoms with E-state index >= 15 is 0 Å². The fourth-order valence-corrected chi connectivity index (χ4v) is 4.34. The molecule has 8 heteroatoms. The minimum absolute atomic E-state index is 0.101. The maximum absolute atomic E-state index is 12.5. The highest BCUT2D eigenvalue weighted by Crippen LogP contribution is 2.21. The van der Waals surface area contributed by atoms with E-state index in [1.807, 2.05) is 13.8 Å². The van der Waals surface area contributed by atoms with Crippen LogP contribution in [0, 0.1) is 5.92 Å². The molecule has 0 bridgehead atoms. The highest BCUT2D eigenvalue weighted by molar-refractivity contribution is 7.89. The van der Waals surface area contributed by atoms with E-state index in [-0.39, 0.29) is 23.0 Å². The molecule has 3 rings (SSSR count). The number of hydrogen-bond acceptors (Lipinski definition) is 6. The first kappa shape index (κ1) is 20.3. The number of carbonyl (C=O) groups is 1. The number of ether oxygens (including phenoxy) is 1. The van der Waals surface area contributed by atoms with Gasteiger partial charge in [-0.05, 0) is 54.4 Å². The van der Waals surface area contributed by atoms with Crippen LogP contribution in [0.3, 0.4) is 0 Å². The second kappa shape index (κ2) is 8.72. The zero-order valence-corrected chi connectivity index (χ0v) is 17.2. The second-order valence-corrected chi connectivity index (χ2v) is 9.51. The van der Waals surface area contributed by atoms with E-state index in [1.165, 1.54) is 29.7 Å². The van der Waals surface area contributed by atoms with Crippen molar-refractivity contribution in [3.63, 3.8) is 0 Å². The lowest BCUT2D eigenvalue weighted by atomic mass is 10.2. The van der Waals surface area contributed by atoms with Crippen molar-refractivity contribution in [1.82, 2.24) is 4.72 Å². The summed E-state index contributed by atoms with van der Waals surface area (Å²) < 4.78 is 38.2. The first-order valence-electron chi connectivity index (χ1n) is 8.74. The smallest absolute Gasteiger partial charge is 0.240 e. The molecule has 0 saturated carbocycles. The van der Waals surface area contributed by atoms with E-state index < -0.39 is 10.0 Å². The average molecular weight is 420 g/mol. The van der Waals surface area contributed by atoms with E-state index in [1.54, 1.807) is 36.4 Å². The first-order valence-corrected chi connectivity index (χ1v) is 11.0. The Morgan fingerprint density at radius 3 is 2.54 bits per heavy atom. The summed E-state index contributed by atoms with van der Waals surface area (Å²) in [4.78, 5) is 13.6. The predicted octanol–water partition coefficient (Wildman–Crippen LogP) is 4.09. The monoisotopic (exact) mass is 419 g/mol. The Balaban J connectivity index is 1.61.